The number of rotatable bonds is 6. The fourth-order valence-electron chi connectivity index (χ4n) is 2.25. The Labute approximate surface area is 130 Å². The Hall–Kier alpha value is -2.36. The summed E-state index contributed by atoms with van der Waals surface area (Å²) < 4.78 is 18.0. The molecule has 0 saturated carbocycles. The van der Waals surface area contributed by atoms with Crippen molar-refractivity contribution in [1.29, 1.82) is 0 Å². The number of carbonyl (C=O) groups excluding carboxylic acids is 1. The smallest absolute Gasteiger partial charge is 0.220 e. The molecule has 2 rings (SSSR count). The van der Waals surface area contributed by atoms with E-state index in [9.17, 15) is 9.18 Å². The van der Waals surface area contributed by atoms with Crippen LogP contribution in [0.4, 0.5) is 4.39 Å². The molecule has 0 aliphatic carbocycles. The number of benzene rings is 2. The molecule has 1 N–H and O–H groups in total. The first-order valence-electron chi connectivity index (χ1n) is 7.23. The van der Waals surface area contributed by atoms with Crippen molar-refractivity contribution in [2.45, 2.75) is 26.3 Å². The monoisotopic (exact) mass is 301 g/mol. The molecule has 0 saturated heterocycles. The molecule has 2 aromatic rings. The molecule has 0 bridgehead atoms. The number of amides is 1. The first kappa shape index (κ1) is 16.0. The minimum absolute atomic E-state index is 0.0159. The normalized spacial score (nSPS) is 10.3. The van der Waals surface area contributed by atoms with E-state index in [-0.39, 0.29) is 11.7 Å². The van der Waals surface area contributed by atoms with Gasteiger partial charge in [-0.2, -0.15) is 0 Å². The molecular weight excluding hydrogens is 281 g/mol. The number of nitrogens with one attached hydrogen (secondary N) is 1. The van der Waals surface area contributed by atoms with Gasteiger partial charge in [-0.25, -0.2) is 4.39 Å². The molecule has 116 valence electrons. The van der Waals surface area contributed by atoms with E-state index < -0.39 is 0 Å². The number of ether oxygens (including phenoxy) is 1. The number of carbonyl (C=O) groups is 1. The van der Waals surface area contributed by atoms with Crippen LogP contribution in [0.1, 0.15) is 23.1 Å². The SMILES string of the molecule is COc1ccc(CCC(=O)NCc2ccc(F)cc2)cc1C. The van der Waals surface area contributed by atoms with E-state index in [4.69, 9.17) is 4.74 Å². The highest BCUT2D eigenvalue weighted by Crippen LogP contribution is 2.19. The predicted octanol–water partition coefficient (Wildman–Crippen LogP) is 3.39. The molecule has 0 aliphatic rings. The Morgan fingerprint density at radius 3 is 2.45 bits per heavy atom. The summed E-state index contributed by atoms with van der Waals surface area (Å²) in [6.07, 6.45) is 1.10. The molecule has 2 aromatic carbocycles. The van der Waals surface area contributed by atoms with Crippen LogP contribution in [0.25, 0.3) is 0 Å². The van der Waals surface area contributed by atoms with E-state index in [0.29, 0.717) is 19.4 Å². The van der Waals surface area contributed by atoms with E-state index in [2.05, 4.69) is 5.32 Å². The number of halogens is 1. The van der Waals surface area contributed by atoms with Crippen LogP contribution in [0.2, 0.25) is 0 Å². The van der Waals surface area contributed by atoms with Crippen molar-refractivity contribution >= 4 is 5.91 Å². The standard InChI is InChI=1S/C18H20FNO2/c1-13-11-14(5-9-17(13)22-2)6-10-18(21)20-12-15-3-7-16(19)8-4-15/h3-5,7-9,11H,6,10,12H2,1-2H3,(H,20,21). The summed E-state index contributed by atoms with van der Waals surface area (Å²) in [5.41, 5.74) is 3.05. The Morgan fingerprint density at radius 2 is 1.82 bits per heavy atom. The molecule has 0 aromatic heterocycles. The third-order valence-electron chi connectivity index (χ3n) is 3.50. The van der Waals surface area contributed by atoms with Gasteiger partial charge in [-0.3, -0.25) is 4.79 Å². The zero-order chi connectivity index (χ0) is 15.9. The van der Waals surface area contributed by atoms with Gasteiger partial charge in [0.1, 0.15) is 11.6 Å². The molecule has 0 atom stereocenters. The van der Waals surface area contributed by atoms with Crippen molar-refractivity contribution in [3.8, 4) is 5.75 Å². The van der Waals surface area contributed by atoms with Crippen LogP contribution in [0.15, 0.2) is 42.5 Å². The average molecular weight is 301 g/mol. The molecule has 3 nitrogen and oxygen atoms in total. The van der Waals surface area contributed by atoms with Crippen molar-refractivity contribution in [2.75, 3.05) is 7.11 Å². The zero-order valence-corrected chi connectivity index (χ0v) is 12.9. The molecule has 22 heavy (non-hydrogen) atoms. The number of hydrogen-bond acceptors (Lipinski definition) is 2. The lowest BCUT2D eigenvalue weighted by Gasteiger charge is -2.08. The van der Waals surface area contributed by atoms with Crippen LogP contribution in [-0.4, -0.2) is 13.0 Å². The van der Waals surface area contributed by atoms with Gasteiger partial charge in [0.25, 0.3) is 0 Å². The number of hydrogen-bond donors (Lipinski definition) is 1. The zero-order valence-electron chi connectivity index (χ0n) is 12.9. The molecule has 0 spiro atoms. The summed E-state index contributed by atoms with van der Waals surface area (Å²) in [6.45, 7) is 2.40. The molecule has 0 radical (unpaired) electrons. The lowest BCUT2D eigenvalue weighted by molar-refractivity contribution is -0.121. The second-order valence-electron chi connectivity index (χ2n) is 5.21. The van der Waals surface area contributed by atoms with Crippen molar-refractivity contribution in [2.24, 2.45) is 0 Å². The summed E-state index contributed by atoms with van der Waals surface area (Å²) in [5.74, 6) is 0.562. The maximum Gasteiger partial charge on any atom is 0.220 e. The van der Waals surface area contributed by atoms with E-state index >= 15 is 0 Å². The molecule has 0 unspecified atom stereocenters. The Balaban J connectivity index is 1.80. The third kappa shape index (κ3) is 4.58. The minimum atomic E-state index is -0.273. The summed E-state index contributed by atoms with van der Waals surface area (Å²) in [6, 6.07) is 12.0. The van der Waals surface area contributed by atoms with Gasteiger partial charge in [-0.1, -0.05) is 24.3 Å². The molecule has 0 aliphatic heterocycles. The van der Waals surface area contributed by atoms with Crippen molar-refractivity contribution in [3.05, 3.63) is 65.0 Å². The van der Waals surface area contributed by atoms with Crippen LogP contribution in [-0.2, 0) is 17.8 Å². The summed E-state index contributed by atoms with van der Waals surface area (Å²) in [4.78, 5) is 11.9. The Bertz CT molecular complexity index is 638. The number of methoxy groups -OCH3 is 1. The van der Waals surface area contributed by atoms with Crippen LogP contribution >= 0.6 is 0 Å². The molecule has 1 amide bonds. The highest BCUT2D eigenvalue weighted by Gasteiger charge is 2.05. The molecule has 0 fully saturated rings. The van der Waals surface area contributed by atoms with Gasteiger partial charge >= 0.3 is 0 Å². The topological polar surface area (TPSA) is 38.3 Å². The molecule has 4 heteroatoms. The first-order valence-corrected chi connectivity index (χ1v) is 7.23. The van der Waals surface area contributed by atoms with Crippen LogP contribution in [0.3, 0.4) is 0 Å². The van der Waals surface area contributed by atoms with Crippen LogP contribution < -0.4 is 10.1 Å². The van der Waals surface area contributed by atoms with Gasteiger partial charge in [-0.15, -0.1) is 0 Å². The van der Waals surface area contributed by atoms with E-state index in [1.165, 1.54) is 12.1 Å². The van der Waals surface area contributed by atoms with Gasteiger partial charge in [-0.05, 0) is 48.2 Å². The Morgan fingerprint density at radius 1 is 1.14 bits per heavy atom. The second kappa shape index (κ2) is 7.59. The largest absolute Gasteiger partial charge is 0.496 e. The minimum Gasteiger partial charge on any atom is -0.496 e. The fourth-order valence-corrected chi connectivity index (χ4v) is 2.25. The van der Waals surface area contributed by atoms with Gasteiger partial charge in [0.15, 0.2) is 0 Å². The fraction of sp³-hybridized carbons (Fsp3) is 0.278. The van der Waals surface area contributed by atoms with Crippen LogP contribution in [0, 0.1) is 12.7 Å². The highest BCUT2D eigenvalue weighted by molar-refractivity contribution is 5.76. The highest BCUT2D eigenvalue weighted by atomic mass is 19.1. The summed E-state index contributed by atoms with van der Waals surface area (Å²) in [7, 11) is 1.64. The lowest BCUT2D eigenvalue weighted by Crippen LogP contribution is -2.23. The Kier molecular flexibility index (Phi) is 5.53. The van der Waals surface area contributed by atoms with Crippen LogP contribution in [0.5, 0.6) is 5.75 Å². The van der Waals surface area contributed by atoms with Gasteiger partial charge in [0, 0.05) is 13.0 Å². The average Bonchev–Trinajstić information content (AvgIpc) is 2.52. The summed E-state index contributed by atoms with van der Waals surface area (Å²) in [5, 5.41) is 2.84. The van der Waals surface area contributed by atoms with Crippen molar-refractivity contribution in [3.63, 3.8) is 0 Å². The van der Waals surface area contributed by atoms with Gasteiger partial charge < -0.3 is 10.1 Å². The maximum atomic E-state index is 12.8. The van der Waals surface area contributed by atoms with E-state index in [1.54, 1.807) is 19.2 Å². The number of aryl methyl sites for hydroxylation is 2. The molecule has 0 heterocycles. The maximum absolute atomic E-state index is 12.8. The van der Waals surface area contributed by atoms with E-state index in [1.807, 2.05) is 25.1 Å². The van der Waals surface area contributed by atoms with Crippen molar-refractivity contribution in [1.82, 2.24) is 5.32 Å². The van der Waals surface area contributed by atoms with Gasteiger partial charge in [0.05, 0.1) is 7.11 Å². The predicted molar refractivity (Wildman–Crippen MR) is 84.3 cm³/mol. The lowest BCUT2D eigenvalue weighted by atomic mass is 10.1. The third-order valence-corrected chi connectivity index (χ3v) is 3.50. The first-order chi connectivity index (χ1) is 10.6. The van der Waals surface area contributed by atoms with Crippen molar-refractivity contribution < 1.29 is 13.9 Å². The second-order valence-corrected chi connectivity index (χ2v) is 5.21. The molecular formula is C18H20FNO2. The van der Waals surface area contributed by atoms with E-state index in [0.717, 1.165) is 22.4 Å². The van der Waals surface area contributed by atoms with Gasteiger partial charge in [0.2, 0.25) is 5.91 Å². The summed E-state index contributed by atoms with van der Waals surface area (Å²) >= 11 is 0. The quantitative estimate of drug-likeness (QED) is 0.888.